The highest BCUT2D eigenvalue weighted by Gasteiger charge is 2.30. The van der Waals surface area contributed by atoms with Gasteiger partial charge < -0.3 is 0 Å². The van der Waals surface area contributed by atoms with E-state index in [2.05, 4.69) is 0 Å². The fourth-order valence-corrected chi connectivity index (χ4v) is 1.91. The molecule has 0 aromatic heterocycles. The molecular weight excluding hydrogens is 309 g/mol. The van der Waals surface area contributed by atoms with Crippen molar-refractivity contribution >= 4 is 17.3 Å². The van der Waals surface area contributed by atoms with E-state index in [1.807, 2.05) is 6.07 Å². The second kappa shape index (κ2) is 6.32. The SMILES string of the molecule is N#CC(=Cc1cccc(C(F)(F)F)c1)c1ccc([N+](=O)[O-])cc1. The first kappa shape index (κ1) is 16.2. The molecule has 2 aromatic carbocycles. The monoisotopic (exact) mass is 318 g/mol. The van der Waals surface area contributed by atoms with E-state index in [4.69, 9.17) is 0 Å². The summed E-state index contributed by atoms with van der Waals surface area (Å²) in [5.41, 5.74) is -0.234. The molecule has 2 rings (SSSR count). The predicted octanol–water partition coefficient (Wildman–Crippen LogP) is 4.68. The van der Waals surface area contributed by atoms with Gasteiger partial charge in [-0.1, -0.05) is 12.1 Å². The molecule has 2 aromatic rings. The van der Waals surface area contributed by atoms with Gasteiger partial charge in [0.2, 0.25) is 0 Å². The molecule has 7 heteroatoms. The number of benzene rings is 2. The molecule has 0 unspecified atom stereocenters. The van der Waals surface area contributed by atoms with Crippen LogP contribution in [-0.4, -0.2) is 4.92 Å². The number of hydrogen-bond donors (Lipinski definition) is 0. The molecule has 0 amide bonds. The Morgan fingerprint density at radius 2 is 1.83 bits per heavy atom. The zero-order chi connectivity index (χ0) is 17.0. The van der Waals surface area contributed by atoms with Crippen LogP contribution in [0.5, 0.6) is 0 Å². The summed E-state index contributed by atoms with van der Waals surface area (Å²) >= 11 is 0. The van der Waals surface area contributed by atoms with Crippen molar-refractivity contribution in [2.45, 2.75) is 6.18 Å². The Balaban J connectivity index is 2.39. The van der Waals surface area contributed by atoms with Crippen molar-refractivity contribution in [2.75, 3.05) is 0 Å². The fraction of sp³-hybridized carbons (Fsp3) is 0.0625. The normalized spacial score (nSPS) is 11.8. The minimum Gasteiger partial charge on any atom is -0.258 e. The average molecular weight is 318 g/mol. The van der Waals surface area contributed by atoms with Gasteiger partial charge >= 0.3 is 6.18 Å². The Bertz CT molecular complexity index is 803. The van der Waals surface area contributed by atoms with Crippen molar-refractivity contribution in [3.8, 4) is 6.07 Å². The maximum atomic E-state index is 12.7. The summed E-state index contributed by atoms with van der Waals surface area (Å²) in [6, 6.07) is 11.7. The summed E-state index contributed by atoms with van der Waals surface area (Å²) in [6.45, 7) is 0. The van der Waals surface area contributed by atoms with Crippen LogP contribution >= 0.6 is 0 Å². The van der Waals surface area contributed by atoms with Crippen LogP contribution in [0, 0.1) is 21.4 Å². The highest BCUT2D eigenvalue weighted by atomic mass is 19.4. The molecule has 0 saturated heterocycles. The van der Waals surface area contributed by atoms with Gasteiger partial charge in [-0.15, -0.1) is 0 Å². The molecule has 116 valence electrons. The van der Waals surface area contributed by atoms with Gasteiger partial charge in [0.15, 0.2) is 0 Å². The van der Waals surface area contributed by atoms with Gasteiger partial charge in [-0.05, 0) is 41.5 Å². The van der Waals surface area contributed by atoms with Gasteiger partial charge in [-0.25, -0.2) is 0 Å². The Kier molecular flexibility index (Phi) is 4.46. The smallest absolute Gasteiger partial charge is 0.258 e. The first-order chi connectivity index (χ1) is 10.8. The molecule has 0 radical (unpaired) electrons. The lowest BCUT2D eigenvalue weighted by Gasteiger charge is -2.07. The Labute approximate surface area is 129 Å². The molecule has 0 bridgehead atoms. The van der Waals surface area contributed by atoms with E-state index in [0.717, 1.165) is 12.1 Å². The van der Waals surface area contributed by atoms with Gasteiger partial charge in [0, 0.05) is 12.1 Å². The first-order valence-electron chi connectivity index (χ1n) is 6.35. The highest BCUT2D eigenvalue weighted by Crippen LogP contribution is 2.30. The van der Waals surface area contributed by atoms with E-state index >= 15 is 0 Å². The number of halogens is 3. The van der Waals surface area contributed by atoms with Crippen molar-refractivity contribution in [1.29, 1.82) is 5.26 Å². The summed E-state index contributed by atoms with van der Waals surface area (Å²) in [5, 5.41) is 19.8. The molecule has 0 aliphatic carbocycles. The maximum absolute atomic E-state index is 12.7. The Morgan fingerprint density at radius 3 is 2.35 bits per heavy atom. The minimum absolute atomic E-state index is 0.110. The number of nitro benzene ring substituents is 1. The zero-order valence-corrected chi connectivity index (χ0v) is 11.5. The summed E-state index contributed by atoms with van der Waals surface area (Å²) in [6.07, 6.45) is -3.17. The Morgan fingerprint density at radius 1 is 1.17 bits per heavy atom. The van der Waals surface area contributed by atoms with Crippen LogP contribution in [0.3, 0.4) is 0 Å². The van der Waals surface area contributed by atoms with Crippen LogP contribution in [0.15, 0.2) is 48.5 Å². The maximum Gasteiger partial charge on any atom is 0.416 e. The van der Waals surface area contributed by atoms with Crippen molar-refractivity contribution in [3.63, 3.8) is 0 Å². The molecular formula is C16H9F3N2O2. The van der Waals surface area contributed by atoms with E-state index in [9.17, 15) is 28.5 Å². The summed E-state index contributed by atoms with van der Waals surface area (Å²) < 4.78 is 38.0. The number of nitro groups is 1. The van der Waals surface area contributed by atoms with E-state index in [0.29, 0.717) is 5.56 Å². The van der Waals surface area contributed by atoms with Crippen LogP contribution in [-0.2, 0) is 6.18 Å². The predicted molar refractivity (Wildman–Crippen MR) is 78.0 cm³/mol. The molecule has 0 N–H and O–H groups in total. The molecule has 23 heavy (non-hydrogen) atoms. The van der Waals surface area contributed by atoms with Crippen molar-refractivity contribution in [2.24, 2.45) is 0 Å². The highest BCUT2D eigenvalue weighted by molar-refractivity contribution is 5.89. The van der Waals surface area contributed by atoms with Crippen LogP contribution < -0.4 is 0 Å². The third-order valence-corrected chi connectivity index (χ3v) is 3.03. The average Bonchev–Trinajstić information content (AvgIpc) is 2.52. The molecule has 0 atom stereocenters. The quantitative estimate of drug-likeness (QED) is 0.357. The van der Waals surface area contributed by atoms with Crippen LogP contribution in [0.1, 0.15) is 16.7 Å². The topological polar surface area (TPSA) is 66.9 Å². The lowest BCUT2D eigenvalue weighted by Crippen LogP contribution is -2.04. The molecule has 0 fully saturated rings. The third kappa shape index (κ3) is 3.95. The first-order valence-corrected chi connectivity index (χ1v) is 6.35. The third-order valence-electron chi connectivity index (χ3n) is 3.03. The number of alkyl halides is 3. The molecule has 0 aliphatic rings. The number of nitriles is 1. The van der Waals surface area contributed by atoms with Crippen LogP contribution in [0.25, 0.3) is 11.6 Å². The standard InChI is InChI=1S/C16H9F3N2O2/c17-16(18,19)14-3-1-2-11(9-14)8-13(10-20)12-4-6-15(7-5-12)21(22)23/h1-9H. The number of allylic oxidation sites excluding steroid dienone is 1. The van der Waals surface area contributed by atoms with Gasteiger partial charge in [0.05, 0.1) is 22.1 Å². The Hall–Kier alpha value is -3.14. The van der Waals surface area contributed by atoms with Gasteiger partial charge in [-0.3, -0.25) is 10.1 Å². The lowest BCUT2D eigenvalue weighted by atomic mass is 10.0. The van der Waals surface area contributed by atoms with E-state index in [1.165, 1.54) is 42.5 Å². The lowest BCUT2D eigenvalue weighted by molar-refractivity contribution is -0.384. The molecule has 4 nitrogen and oxygen atoms in total. The number of rotatable bonds is 3. The van der Waals surface area contributed by atoms with Gasteiger partial charge in [0.1, 0.15) is 0 Å². The molecule has 0 saturated carbocycles. The summed E-state index contributed by atoms with van der Waals surface area (Å²) in [4.78, 5) is 10.0. The zero-order valence-electron chi connectivity index (χ0n) is 11.5. The summed E-state index contributed by atoms with van der Waals surface area (Å²) in [7, 11) is 0. The molecule has 0 aliphatic heterocycles. The van der Waals surface area contributed by atoms with E-state index in [-0.39, 0.29) is 16.8 Å². The van der Waals surface area contributed by atoms with Gasteiger partial charge in [-0.2, -0.15) is 18.4 Å². The van der Waals surface area contributed by atoms with E-state index < -0.39 is 16.7 Å². The number of non-ortho nitro benzene ring substituents is 1. The molecule has 0 spiro atoms. The van der Waals surface area contributed by atoms with Crippen LogP contribution in [0.4, 0.5) is 18.9 Å². The second-order valence-electron chi connectivity index (χ2n) is 4.60. The van der Waals surface area contributed by atoms with Crippen LogP contribution in [0.2, 0.25) is 0 Å². The van der Waals surface area contributed by atoms with Crippen molar-refractivity contribution in [3.05, 3.63) is 75.3 Å². The molecule has 0 heterocycles. The minimum atomic E-state index is -4.47. The van der Waals surface area contributed by atoms with Gasteiger partial charge in [0.25, 0.3) is 5.69 Å². The number of nitrogens with zero attached hydrogens (tertiary/aromatic N) is 2. The largest absolute Gasteiger partial charge is 0.416 e. The fourth-order valence-electron chi connectivity index (χ4n) is 1.91. The number of hydrogen-bond acceptors (Lipinski definition) is 3. The van der Waals surface area contributed by atoms with Crippen molar-refractivity contribution in [1.82, 2.24) is 0 Å². The summed E-state index contributed by atoms with van der Waals surface area (Å²) in [5.74, 6) is 0. The van der Waals surface area contributed by atoms with Crippen molar-refractivity contribution < 1.29 is 18.1 Å². The van der Waals surface area contributed by atoms with E-state index in [1.54, 1.807) is 0 Å². The second-order valence-corrected chi connectivity index (χ2v) is 4.60.